The van der Waals surface area contributed by atoms with Crippen molar-refractivity contribution in [1.82, 2.24) is 4.90 Å². The van der Waals surface area contributed by atoms with Gasteiger partial charge in [0.05, 0.1) is 11.6 Å². The molecule has 0 radical (unpaired) electrons. The molecule has 198 valence electrons. The van der Waals surface area contributed by atoms with Crippen LogP contribution in [0.1, 0.15) is 30.0 Å². The van der Waals surface area contributed by atoms with Crippen molar-refractivity contribution in [2.75, 3.05) is 14.1 Å². The summed E-state index contributed by atoms with van der Waals surface area (Å²) in [6, 6.07) is 4.41. The lowest BCUT2D eigenvalue weighted by Crippen LogP contribution is -2.65. The molecule has 5 N–H and O–H groups in total. The van der Waals surface area contributed by atoms with Crippen molar-refractivity contribution in [2.24, 2.45) is 22.7 Å². The lowest BCUT2D eigenvalue weighted by Gasteiger charge is -2.50. The van der Waals surface area contributed by atoms with Crippen LogP contribution in [0.4, 0.5) is 5.69 Å². The Morgan fingerprint density at radius 1 is 1.29 bits per heavy atom. The van der Waals surface area contributed by atoms with Crippen LogP contribution in [0.25, 0.3) is 16.2 Å². The van der Waals surface area contributed by atoms with Gasteiger partial charge in [0.15, 0.2) is 11.4 Å². The normalized spacial score (nSPS) is 26.8. The zero-order chi connectivity index (χ0) is 27.7. The lowest BCUT2D eigenvalue weighted by molar-refractivity contribution is -0.153. The molecular formula is C27H27N3O7S. The van der Waals surface area contributed by atoms with E-state index in [2.05, 4.69) is 5.18 Å². The Balaban J connectivity index is 1.79. The number of benzene rings is 1. The molecule has 2 aromatic rings. The predicted molar refractivity (Wildman–Crippen MR) is 141 cm³/mol. The van der Waals surface area contributed by atoms with E-state index in [0.29, 0.717) is 17.5 Å². The number of hydrogen-bond acceptors (Lipinski definition) is 10. The monoisotopic (exact) mass is 537 g/mol. The number of thiophene rings is 1. The van der Waals surface area contributed by atoms with Crippen molar-refractivity contribution in [1.29, 1.82) is 0 Å². The Kier molecular flexibility index (Phi) is 6.13. The molecule has 1 aromatic heterocycles. The van der Waals surface area contributed by atoms with Gasteiger partial charge in [-0.15, -0.1) is 16.2 Å². The minimum atomic E-state index is -2.67. The molecule has 3 aliphatic rings. The molecule has 1 heterocycles. The van der Waals surface area contributed by atoms with E-state index in [1.165, 1.54) is 16.2 Å². The zero-order valence-corrected chi connectivity index (χ0v) is 21.8. The average Bonchev–Trinajstić information content (AvgIpc) is 3.40. The Labute approximate surface area is 222 Å². The zero-order valence-electron chi connectivity index (χ0n) is 21.0. The first-order valence-corrected chi connectivity index (χ1v) is 13.1. The molecule has 1 amide bonds. The van der Waals surface area contributed by atoms with E-state index in [-0.39, 0.29) is 29.7 Å². The summed E-state index contributed by atoms with van der Waals surface area (Å²) in [5.41, 5.74) is 3.86. The molecule has 10 nitrogen and oxygen atoms in total. The number of carbonyl (C=O) groups is 3. The molecule has 0 spiro atoms. The number of nitroso groups, excluding NO2 is 1. The molecule has 38 heavy (non-hydrogen) atoms. The molecule has 0 bridgehead atoms. The van der Waals surface area contributed by atoms with Crippen LogP contribution in [0.2, 0.25) is 0 Å². The third kappa shape index (κ3) is 3.35. The number of nitrogens with zero attached hydrogens (tertiary/aromatic N) is 2. The van der Waals surface area contributed by atoms with Crippen molar-refractivity contribution < 1.29 is 29.7 Å². The van der Waals surface area contributed by atoms with Gasteiger partial charge in [-0.25, -0.2) is 0 Å². The number of carbonyl (C=O) groups excluding carboxylic acids is 3. The summed E-state index contributed by atoms with van der Waals surface area (Å²) >= 11 is 1.40. The molecule has 1 fully saturated rings. The van der Waals surface area contributed by atoms with Crippen LogP contribution in [0.5, 0.6) is 0 Å². The standard InChI is InChI=1S/C27H27N3O7S/c1-4-11-8-14(16-6-5-7-38-16)20(29-37)18-13(11)9-12-10-15-21(30(2)3)23(32)19(26(28)35)25(34)27(15,36)24(33)17(12)22(18)31/h5-8,12,15,21,31,34,36H,4,9-10H2,1-3H3,(H2,28,35)/t12?,15-,21-,27-/m0/s1. The number of aliphatic hydroxyl groups is 3. The Hall–Kier alpha value is -3.67. The maximum absolute atomic E-state index is 14.0. The van der Waals surface area contributed by atoms with Crippen LogP contribution in [-0.2, 0) is 27.2 Å². The quantitative estimate of drug-likeness (QED) is 0.333. The first kappa shape index (κ1) is 26.0. The summed E-state index contributed by atoms with van der Waals surface area (Å²) in [4.78, 5) is 53.7. The highest BCUT2D eigenvalue weighted by Gasteiger charge is 2.64. The van der Waals surface area contributed by atoms with E-state index in [0.717, 1.165) is 10.4 Å². The molecule has 1 unspecified atom stereocenters. The minimum absolute atomic E-state index is 0.0207. The Bertz CT molecular complexity index is 1470. The fourth-order valence-corrected chi connectivity index (χ4v) is 7.16. The van der Waals surface area contributed by atoms with E-state index < -0.39 is 58.0 Å². The number of aryl methyl sites for hydroxylation is 1. The number of ketones is 2. The molecule has 5 rings (SSSR count). The van der Waals surface area contributed by atoms with Crippen molar-refractivity contribution in [3.63, 3.8) is 0 Å². The number of Topliss-reactive ketones (excluding diaryl/α,β-unsaturated/α-hetero) is 2. The van der Waals surface area contributed by atoms with E-state index in [4.69, 9.17) is 5.73 Å². The molecule has 3 aliphatic carbocycles. The molecule has 4 atom stereocenters. The van der Waals surface area contributed by atoms with Gasteiger partial charge >= 0.3 is 0 Å². The molecular weight excluding hydrogens is 510 g/mol. The van der Waals surface area contributed by atoms with Gasteiger partial charge in [-0.2, -0.15) is 0 Å². The molecule has 0 aliphatic heterocycles. The summed E-state index contributed by atoms with van der Waals surface area (Å²) in [7, 11) is 3.13. The van der Waals surface area contributed by atoms with Crippen molar-refractivity contribution >= 4 is 40.3 Å². The van der Waals surface area contributed by atoms with Gasteiger partial charge in [0.25, 0.3) is 5.91 Å². The maximum Gasteiger partial charge on any atom is 0.255 e. The number of likely N-dealkylation sites (N-methyl/N-ethyl adjacent to an activating group) is 1. The van der Waals surface area contributed by atoms with Crippen molar-refractivity contribution in [3.05, 3.63) is 62.1 Å². The summed E-state index contributed by atoms with van der Waals surface area (Å²) in [5.74, 6) is -6.41. The second kappa shape index (κ2) is 8.97. The summed E-state index contributed by atoms with van der Waals surface area (Å²) in [5, 5.41) is 39.4. The van der Waals surface area contributed by atoms with Gasteiger partial charge in [0.2, 0.25) is 5.78 Å². The van der Waals surface area contributed by atoms with Crippen LogP contribution < -0.4 is 5.73 Å². The van der Waals surface area contributed by atoms with Crippen LogP contribution >= 0.6 is 11.3 Å². The lowest BCUT2D eigenvalue weighted by atomic mass is 9.57. The first-order chi connectivity index (χ1) is 18.0. The average molecular weight is 538 g/mol. The number of fused-ring (bicyclic) bond motifs is 3. The minimum Gasteiger partial charge on any atom is -0.508 e. The highest BCUT2D eigenvalue weighted by molar-refractivity contribution is 7.13. The largest absolute Gasteiger partial charge is 0.508 e. The fourth-order valence-electron chi connectivity index (χ4n) is 6.42. The molecule has 1 aromatic carbocycles. The van der Waals surface area contributed by atoms with E-state index in [9.17, 15) is 34.6 Å². The SMILES string of the molecule is CCc1cc(-c2cccs2)c(N=O)c2c1CC1C[C@H]3[C@H](N(C)C)C(=O)C(C(N)=O)=C(O)[C@@]3(O)C(=O)C1=C2O. The summed E-state index contributed by atoms with van der Waals surface area (Å²) < 4.78 is 0. The highest BCUT2D eigenvalue weighted by atomic mass is 32.1. The molecule has 11 heteroatoms. The molecule has 0 saturated heterocycles. The maximum atomic E-state index is 14.0. The second-order valence-corrected chi connectivity index (χ2v) is 11.1. The number of nitrogens with two attached hydrogens (primary N) is 1. The second-order valence-electron chi connectivity index (χ2n) is 10.2. The summed E-state index contributed by atoms with van der Waals surface area (Å²) in [6.07, 6.45) is 0.886. The predicted octanol–water partition coefficient (Wildman–Crippen LogP) is 2.95. The van der Waals surface area contributed by atoms with Gasteiger partial charge in [-0.1, -0.05) is 13.0 Å². The third-order valence-corrected chi connectivity index (χ3v) is 8.98. The number of amides is 1. The van der Waals surface area contributed by atoms with Gasteiger partial charge in [-0.05, 0) is 73.1 Å². The van der Waals surface area contributed by atoms with E-state index >= 15 is 0 Å². The van der Waals surface area contributed by atoms with Gasteiger partial charge in [0.1, 0.15) is 22.8 Å². The fraction of sp³-hybridized carbons (Fsp3) is 0.370. The van der Waals surface area contributed by atoms with Crippen molar-refractivity contribution in [3.8, 4) is 10.4 Å². The number of hydrogen-bond donors (Lipinski definition) is 4. The van der Waals surface area contributed by atoms with E-state index in [1.54, 1.807) is 14.1 Å². The highest BCUT2D eigenvalue weighted by Crippen LogP contribution is 2.54. The number of rotatable bonds is 5. The Morgan fingerprint density at radius 3 is 2.55 bits per heavy atom. The van der Waals surface area contributed by atoms with Gasteiger partial charge in [0, 0.05) is 21.9 Å². The smallest absolute Gasteiger partial charge is 0.255 e. The van der Waals surface area contributed by atoms with E-state index in [1.807, 2.05) is 30.5 Å². The Morgan fingerprint density at radius 2 is 2.00 bits per heavy atom. The number of primary amides is 1. The van der Waals surface area contributed by atoms with Crippen LogP contribution in [0.3, 0.4) is 0 Å². The topological polar surface area (TPSA) is 171 Å². The van der Waals surface area contributed by atoms with Crippen LogP contribution in [0.15, 0.2) is 45.7 Å². The summed E-state index contributed by atoms with van der Waals surface area (Å²) in [6.45, 7) is 1.94. The van der Waals surface area contributed by atoms with Gasteiger partial charge < -0.3 is 21.1 Å². The third-order valence-electron chi connectivity index (χ3n) is 8.07. The van der Waals surface area contributed by atoms with Crippen LogP contribution in [0, 0.1) is 16.7 Å². The first-order valence-electron chi connectivity index (χ1n) is 12.2. The molecule has 1 saturated carbocycles. The van der Waals surface area contributed by atoms with Crippen molar-refractivity contribution in [2.45, 2.75) is 37.8 Å². The number of aliphatic hydroxyl groups excluding tert-OH is 2. The van der Waals surface area contributed by atoms with Crippen LogP contribution in [-0.4, -0.2) is 63.4 Å². The van der Waals surface area contributed by atoms with Gasteiger partial charge in [-0.3, -0.25) is 19.3 Å².